The van der Waals surface area contributed by atoms with E-state index < -0.39 is 36.6 Å². The van der Waals surface area contributed by atoms with Crippen LogP contribution >= 0.6 is 0 Å². The molecule has 0 aliphatic carbocycles. The summed E-state index contributed by atoms with van der Waals surface area (Å²) in [5.74, 6) is 0.0490. The summed E-state index contributed by atoms with van der Waals surface area (Å²) in [6.45, 7) is -0.508. The Morgan fingerprint density at radius 2 is 1.80 bits per heavy atom. The van der Waals surface area contributed by atoms with Crippen molar-refractivity contribution in [1.29, 1.82) is 0 Å². The molecule has 4 atom stereocenters. The lowest BCUT2D eigenvalue weighted by atomic mass is 10.0. The van der Waals surface area contributed by atoms with Crippen molar-refractivity contribution < 1.29 is 39.4 Å². The number of rotatable bonds is 4. The highest BCUT2D eigenvalue weighted by Crippen LogP contribution is 2.33. The van der Waals surface area contributed by atoms with Crippen LogP contribution in [0.1, 0.15) is 6.42 Å². The fourth-order valence-corrected chi connectivity index (χ4v) is 3.37. The Morgan fingerprint density at radius 3 is 2.50 bits per heavy atom. The van der Waals surface area contributed by atoms with E-state index in [9.17, 15) is 30.3 Å². The van der Waals surface area contributed by atoms with Gasteiger partial charge in [0.1, 0.15) is 46.2 Å². The average molecular weight is 416 g/mol. The predicted molar refractivity (Wildman–Crippen MR) is 104 cm³/mol. The number of aromatic hydroxyl groups is 2. The second-order valence-corrected chi connectivity index (χ2v) is 7.04. The van der Waals surface area contributed by atoms with E-state index >= 15 is 0 Å². The van der Waals surface area contributed by atoms with Crippen molar-refractivity contribution in [1.82, 2.24) is 0 Å². The first kappa shape index (κ1) is 20.2. The van der Waals surface area contributed by atoms with E-state index in [1.807, 2.05) is 0 Å². The first-order valence-electron chi connectivity index (χ1n) is 9.25. The zero-order valence-electron chi connectivity index (χ0n) is 15.6. The molecule has 1 saturated heterocycles. The molecule has 0 spiro atoms. The number of benzene rings is 2. The first-order chi connectivity index (χ1) is 14.4. The van der Waals surface area contributed by atoms with Crippen molar-refractivity contribution in [3.8, 4) is 28.6 Å². The number of aliphatic hydroxyl groups excluding tert-OH is 3. The molecule has 5 N–H and O–H groups in total. The van der Waals surface area contributed by atoms with Gasteiger partial charge in [0, 0.05) is 30.2 Å². The fraction of sp³-hybridized carbons (Fsp3) is 0.286. The van der Waals surface area contributed by atoms with Gasteiger partial charge < -0.3 is 39.4 Å². The number of fused-ring (bicyclic) bond motifs is 1. The van der Waals surface area contributed by atoms with Gasteiger partial charge in [-0.3, -0.25) is 4.79 Å². The molecule has 9 nitrogen and oxygen atoms in total. The van der Waals surface area contributed by atoms with Gasteiger partial charge in [-0.15, -0.1) is 0 Å². The standard InChI is InChI=1S/C21H20O9/c22-9-18-21(27)15(26)8-19(30-18)28-12-5-13(24)20-14(25)7-16(29-17(20)6-12)10-1-3-11(23)4-2-10/h1-7,15,18-19,21-24,26-27H,8-9H2/t15-,18-,19-,21+/m1/s1. The van der Waals surface area contributed by atoms with Gasteiger partial charge >= 0.3 is 0 Å². The van der Waals surface area contributed by atoms with Crippen LogP contribution in [0.25, 0.3) is 22.3 Å². The number of ether oxygens (including phenoxy) is 2. The van der Waals surface area contributed by atoms with Crippen molar-refractivity contribution in [2.24, 2.45) is 0 Å². The highest BCUT2D eigenvalue weighted by molar-refractivity contribution is 5.86. The maximum absolute atomic E-state index is 12.5. The van der Waals surface area contributed by atoms with Gasteiger partial charge in [-0.25, -0.2) is 0 Å². The van der Waals surface area contributed by atoms with E-state index in [0.717, 1.165) is 0 Å². The Labute approximate surface area is 170 Å². The summed E-state index contributed by atoms with van der Waals surface area (Å²) in [7, 11) is 0. The van der Waals surface area contributed by atoms with Crippen molar-refractivity contribution in [2.75, 3.05) is 6.61 Å². The molecule has 0 amide bonds. The smallest absolute Gasteiger partial charge is 0.202 e. The Hall–Kier alpha value is -3.11. The summed E-state index contributed by atoms with van der Waals surface area (Å²) < 4.78 is 16.8. The first-order valence-corrected chi connectivity index (χ1v) is 9.25. The summed E-state index contributed by atoms with van der Waals surface area (Å²) in [6, 6.07) is 9.92. The second-order valence-electron chi connectivity index (χ2n) is 7.04. The topological polar surface area (TPSA) is 150 Å². The fourth-order valence-electron chi connectivity index (χ4n) is 3.37. The van der Waals surface area contributed by atoms with Crippen LogP contribution in [0.15, 0.2) is 51.7 Å². The normalized spacial score (nSPS) is 24.1. The van der Waals surface area contributed by atoms with Gasteiger partial charge in [0.2, 0.25) is 6.29 Å². The minimum Gasteiger partial charge on any atom is -0.508 e. The van der Waals surface area contributed by atoms with Crippen LogP contribution < -0.4 is 10.2 Å². The molecule has 1 aliphatic heterocycles. The van der Waals surface area contributed by atoms with E-state index in [1.54, 1.807) is 12.1 Å². The molecule has 1 aromatic heterocycles. The SMILES string of the molecule is O=c1cc(-c2ccc(O)cc2)oc2cc(O[C@H]3C[C@@H](O)[C@H](O)[C@@H](CO)O3)cc(O)c12. The Bertz CT molecular complexity index is 1110. The molecular formula is C21H20O9. The molecule has 2 heterocycles. The summed E-state index contributed by atoms with van der Waals surface area (Å²) in [5.41, 5.74) is 0.156. The summed E-state index contributed by atoms with van der Waals surface area (Å²) in [6.07, 6.45) is -4.48. The third kappa shape index (κ3) is 3.83. The molecule has 2 aromatic carbocycles. The lowest BCUT2D eigenvalue weighted by Crippen LogP contribution is -2.51. The van der Waals surface area contributed by atoms with Crippen LogP contribution in [-0.4, -0.2) is 56.7 Å². The van der Waals surface area contributed by atoms with E-state index in [-0.39, 0.29) is 40.4 Å². The van der Waals surface area contributed by atoms with Crippen molar-refractivity contribution in [3.05, 3.63) is 52.7 Å². The summed E-state index contributed by atoms with van der Waals surface area (Å²) in [5, 5.41) is 48.7. The molecule has 1 aliphatic rings. The highest BCUT2D eigenvalue weighted by atomic mass is 16.7. The van der Waals surface area contributed by atoms with Crippen LogP contribution in [0.2, 0.25) is 0 Å². The summed E-state index contributed by atoms with van der Waals surface area (Å²) >= 11 is 0. The van der Waals surface area contributed by atoms with E-state index in [1.165, 1.54) is 30.3 Å². The average Bonchev–Trinajstić information content (AvgIpc) is 2.70. The van der Waals surface area contributed by atoms with Gasteiger partial charge in [0.05, 0.1) is 12.7 Å². The number of hydrogen-bond acceptors (Lipinski definition) is 9. The van der Waals surface area contributed by atoms with Crippen LogP contribution in [0.3, 0.4) is 0 Å². The van der Waals surface area contributed by atoms with Gasteiger partial charge in [-0.05, 0) is 24.3 Å². The largest absolute Gasteiger partial charge is 0.508 e. The van der Waals surface area contributed by atoms with Crippen LogP contribution in [-0.2, 0) is 4.74 Å². The molecule has 3 aromatic rings. The minimum absolute atomic E-state index is 0.0295. The molecular weight excluding hydrogens is 396 g/mol. The maximum atomic E-state index is 12.5. The molecule has 9 heteroatoms. The van der Waals surface area contributed by atoms with Crippen LogP contribution in [0.5, 0.6) is 17.2 Å². The summed E-state index contributed by atoms with van der Waals surface area (Å²) in [4.78, 5) is 12.5. The molecule has 0 unspecified atom stereocenters. The van der Waals surface area contributed by atoms with Gasteiger partial charge in [0.25, 0.3) is 0 Å². The molecule has 30 heavy (non-hydrogen) atoms. The lowest BCUT2D eigenvalue weighted by Gasteiger charge is -2.36. The third-order valence-corrected chi connectivity index (χ3v) is 4.92. The number of phenolic OH excluding ortho intramolecular Hbond substituents is 2. The quantitative estimate of drug-likeness (QED) is 0.421. The van der Waals surface area contributed by atoms with Crippen LogP contribution in [0, 0.1) is 0 Å². The van der Waals surface area contributed by atoms with Crippen LogP contribution in [0.4, 0.5) is 0 Å². The van der Waals surface area contributed by atoms with E-state index in [0.29, 0.717) is 5.56 Å². The van der Waals surface area contributed by atoms with Crippen molar-refractivity contribution in [3.63, 3.8) is 0 Å². The van der Waals surface area contributed by atoms with Gasteiger partial charge in [-0.1, -0.05) is 0 Å². The molecule has 0 bridgehead atoms. The van der Waals surface area contributed by atoms with Crippen molar-refractivity contribution >= 4 is 11.0 Å². The Balaban J connectivity index is 1.68. The predicted octanol–water partition coefficient (Wildman–Crippen LogP) is 1.08. The lowest BCUT2D eigenvalue weighted by molar-refractivity contribution is -0.229. The maximum Gasteiger partial charge on any atom is 0.202 e. The van der Waals surface area contributed by atoms with E-state index in [4.69, 9.17) is 13.9 Å². The number of aliphatic hydroxyl groups is 3. The molecule has 0 saturated carbocycles. The third-order valence-electron chi connectivity index (χ3n) is 4.92. The molecule has 0 radical (unpaired) electrons. The molecule has 1 fully saturated rings. The minimum atomic E-state index is -1.24. The van der Waals surface area contributed by atoms with Gasteiger partial charge in [0.15, 0.2) is 5.43 Å². The van der Waals surface area contributed by atoms with E-state index in [2.05, 4.69) is 0 Å². The molecule has 4 rings (SSSR count). The highest BCUT2D eigenvalue weighted by Gasteiger charge is 2.37. The number of phenols is 2. The zero-order valence-corrected chi connectivity index (χ0v) is 15.6. The Kier molecular flexibility index (Phi) is 5.35. The van der Waals surface area contributed by atoms with Crippen molar-refractivity contribution in [2.45, 2.75) is 31.0 Å². The molecule has 158 valence electrons. The second kappa shape index (κ2) is 7.96. The zero-order chi connectivity index (χ0) is 21.4. The van der Waals surface area contributed by atoms with Gasteiger partial charge in [-0.2, -0.15) is 0 Å². The monoisotopic (exact) mass is 416 g/mol. The number of hydrogen-bond donors (Lipinski definition) is 5. The Morgan fingerprint density at radius 1 is 1.07 bits per heavy atom.